The first-order valence-corrected chi connectivity index (χ1v) is 11.4. The Hall–Kier alpha value is -3.23. The van der Waals surface area contributed by atoms with E-state index in [0.29, 0.717) is 30.7 Å². The molecular formula is C25H30F2N4O3. The number of benzene rings is 1. The van der Waals surface area contributed by atoms with Gasteiger partial charge in [0.2, 0.25) is 0 Å². The van der Waals surface area contributed by atoms with Crippen molar-refractivity contribution in [2.45, 2.75) is 65.1 Å². The van der Waals surface area contributed by atoms with Gasteiger partial charge in [-0.25, -0.2) is 9.78 Å². The third kappa shape index (κ3) is 5.46. The van der Waals surface area contributed by atoms with E-state index in [4.69, 9.17) is 9.47 Å². The molecule has 0 atom stereocenters. The fourth-order valence-corrected chi connectivity index (χ4v) is 4.29. The molecule has 0 unspecified atom stereocenters. The van der Waals surface area contributed by atoms with Gasteiger partial charge < -0.3 is 18.8 Å². The van der Waals surface area contributed by atoms with Gasteiger partial charge in [0.05, 0.1) is 17.6 Å². The highest BCUT2D eigenvalue weighted by atomic mass is 19.3. The number of likely N-dealkylation sites (tertiary alicyclic amines) is 1. The summed E-state index contributed by atoms with van der Waals surface area (Å²) in [4.78, 5) is 23.3. The summed E-state index contributed by atoms with van der Waals surface area (Å²) in [6.45, 7) is 5.81. The van der Waals surface area contributed by atoms with Crippen molar-refractivity contribution in [2.75, 3.05) is 13.1 Å². The molecule has 34 heavy (non-hydrogen) atoms. The van der Waals surface area contributed by atoms with Crippen LogP contribution in [0, 0.1) is 6.92 Å². The molecule has 9 heteroatoms. The summed E-state index contributed by atoms with van der Waals surface area (Å²) in [7, 11) is 0. The Balaban J connectivity index is 1.53. The van der Waals surface area contributed by atoms with Gasteiger partial charge in [0.1, 0.15) is 11.4 Å². The van der Waals surface area contributed by atoms with E-state index in [1.807, 2.05) is 38.3 Å². The number of ether oxygens (including phenoxy) is 2. The van der Waals surface area contributed by atoms with E-state index < -0.39 is 12.2 Å². The van der Waals surface area contributed by atoms with Crippen LogP contribution in [0.3, 0.4) is 0 Å². The third-order valence-electron chi connectivity index (χ3n) is 5.94. The van der Waals surface area contributed by atoms with Crippen LogP contribution in [0.5, 0.6) is 5.75 Å². The fraction of sp³-hybridized carbons (Fsp3) is 0.480. The topological polar surface area (TPSA) is 69.0 Å². The normalized spacial score (nSPS) is 15.2. The second-order valence-electron chi connectivity index (χ2n) is 9.59. The van der Waals surface area contributed by atoms with Crippen molar-refractivity contribution in [1.82, 2.24) is 19.3 Å². The van der Waals surface area contributed by atoms with Crippen LogP contribution in [-0.2, 0) is 11.2 Å². The van der Waals surface area contributed by atoms with E-state index in [0.717, 1.165) is 29.9 Å². The van der Waals surface area contributed by atoms with E-state index in [9.17, 15) is 13.6 Å². The van der Waals surface area contributed by atoms with Gasteiger partial charge >= 0.3 is 12.7 Å². The third-order valence-corrected chi connectivity index (χ3v) is 5.94. The zero-order chi connectivity index (χ0) is 24.5. The van der Waals surface area contributed by atoms with Crippen LogP contribution in [0.15, 0.2) is 36.7 Å². The lowest BCUT2D eigenvalue weighted by Gasteiger charge is -2.33. The van der Waals surface area contributed by atoms with Crippen LogP contribution in [-0.4, -0.2) is 50.7 Å². The summed E-state index contributed by atoms with van der Waals surface area (Å²) < 4.78 is 37.9. The Bertz CT molecular complexity index is 1160. The molecule has 0 saturated carbocycles. The number of piperidine rings is 1. The Morgan fingerprint density at radius 2 is 1.91 bits per heavy atom. The first-order chi connectivity index (χ1) is 16.1. The number of halogens is 2. The van der Waals surface area contributed by atoms with E-state index in [-0.39, 0.29) is 17.8 Å². The van der Waals surface area contributed by atoms with Gasteiger partial charge in [-0.05, 0) is 46.6 Å². The molecule has 0 spiro atoms. The highest BCUT2D eigenvalue weighted by molar-refractivity contribution is 5.68. The molecule has 1 fully saturated rings. The van der Waals surface area contributed by atoms with Crippen molar-refractivity contribution in [2.24, 2.45) is 0 Å². The molecule has 1 amide bonds. The minimum absolute atomic E-state index is 0.163. The molecule has 7 nitrogen and oxygen atoms in total. The van der Waals surface area contributed by atoms with Crippen molar-refractivity contribution < 1.29 is 23.0 Å². The first kappa shape index (κ1) is 23.9. The molecular weight excluding hydrogens is 442 g/mol. The number of amides is 1. The molecule has 3 aromatic rings. The molecule has 0 N–H and O–H groups in total. The quantitative estimate of drug-likeness (QED) is 0.501. The number of nitrogens with zero attached hydrogens (tertiary/aromatic N) is 4. The summed E-state index contributed by atoms with van der Waals surface area (Å²) in [6.07, 6.45) is 5.41. The second kappa shape index (κ2) is 9.56. The van der Waals surface area contributed by atoms with Crippen LogP contribution in [0.2, 0.25) is 0 Å². The maximum absolute atomic E-state index is 12.8. The summed E-state index contributed by atoms with van der Waals surface area (Å²) in [6, 6.07) is 6.81. The number of aryl methyl sites for hydroxylation is 1. The van der Waals surface area contributed by atoms with Crippen LogP contribution in [0.25, 0.3) is 5.65 Å². The van der Waals surface area contributed by atoms with Crippen LogP contribution in [0.1, 0.15) is 62.2 Å². The number of fused-ring (bicyclic) bond motifs is 1. The zero-order valence-electron chi connectivity index (χ0n) is 19.9. The molecule has 0 bridgehead atoms. The number of carbonyl (C=O) groups excluding carboxylic acids is 1. The number of aromatic nitrogens is 3. The van der Waals surface area contributed by atoms with Crippen LogP contribution >= 0.6 is 0 Å². The second-order valence-corrected chi connectivity index (χ2v) is 9.59. The largest absolute Gasteiger partial charge is 0.444 e. The summed E-state index contributed by atoms with van der Waals surface area (Å²) in [5.74, 6) is 0.365. The molecule has 1 saturated heterocycles. The lowest BCUT2D eigenvalue weighted by molar-refractivity contribution is -0.0504. The standard InChI is InChI=1S/C25H30F2N4O3/c1-16-20(13-18-7-5-6-8-21(18)33-23(26)27)31-15-19(28-14-22(31)29-16)17-9-11-30(12-10-17)24(32)34-25(2,3)4/h5-8,14-15,17,23H,9-13H2,1-4H3. The molecule has 182 valence electrons. The minimum Gasteiger partial charge on any atom is -0.444 e. The highest BCUT2D eigenvalue weighted by Crippen LogP contribution is 2.29. The molecule has 0 radical (unpaired) electrons. The predicted molar refractivity (Wildman–Crippen MR) is 123 cm³/mol. The van der Waals surface area contributed by atoms with Crippen LogP contribution in [0.4, 0.5) is 13.6 Å². The predicted octanol–water partition coefficient (Wildman–Crippen LogP) is 5.34. The number of carbonyl (C=O) groups is 1. The fourth-order valence-electron chi connectivity index (χ4n) is 4.29. The van der Waals surface area contributed by atoms with E-state index in [2.05, 4.69) is 9.97 Å². The number of rotatable bonds is 5. The Kier molecular flexibility index (Phi) is 6.72. The minimum atomic E-state index is -2.88. The first-order valence-electron chi connectivity index (χ1n) is 11.4. The lowest BCUT2D eigenvalue weighted by atomic mass is 9.94. The van der Waals surface area contributed by atoms with Crippen molar-refractivity contribution in [3.8, 4) is 5.75 Å². The van der Waals surface area contributed by atoms with Gasteiger partial charge in [0.25, 0.3) is 0 Å². The average Bonchev–Trinajstić information content (AvgIpc) is 3.08. The van der Waals surface area contributed by atoms with Gasteiger partial charge in [-0.2, -0.15) is 8.78 Å². The lowest BCUT2D eigenvalue weighted by Crippen LogP contribution is -2.41. The molecule has 3 heterocycles. The van der Waals surface area contributed by atoms with Crippen molar-refractivity contribution in [1.29, 1.82) is 0 Å². The Morgan fingerprint density at radius 1 is 1.21 bits per heavy atom. The van der Waals surface area contributed by atoms with Gasteiger partial charge in [0, 0.05) is 42.9 Å². The number of para-hydroxylation sites is 1. The maximum atomic E-state index is 12.8. The monoisotopic (exact) mass is 472 g/mol. The van der Waals surface area contributed by atoms with Gasteiger partial charge in [-0.15, -0.1) is 0 Å². The van der Waals surface area contributed by atoms with E-state index >= 15 is 0 Å². The van der Waals surface area contributed by atoms with Gasteiger partial charge in [-0.1, -0.05) is 18.2 Å². The number of hydrogen-bond acceptors (Lipinski definition) is 5. The van der Waals surface area contributed by atoms with E-state index in [1.165, 1.54) is 0 Å². The molecule has 0 aliphatic carbocycles. The van der Waals surface area contributed by atoms with Crippen molar-refractivity contribution in [3.05, 3.63) is 59.3 Å². The highest BCUT2D eigenvalue weighted by Gasteiger charge is 2.28. The van der Waals surface area contributed by atoms with Crippen molar-refractivity contribution >= 4 is 11.7 Å². The molecule has 2 aromatic heterocycles. The molecule has 1 aromatic carbocycles. The van der Waals surface area contributed by atoms with Gasteiger partial charge in [0.15, 0.2) is 5.65 Å². The average molecular weight is 473 g/mol. The Labute approximate surface area is 197 Å². The SMILES string of the molecule is Cc1nc2cnc(C3CCN(C(=O)OC(C)(C)C)CC3)cn2c1Cc1ccccc1OC(F)F. The number of imidazole rings is 1. The smallest absolute Gasteiger partial charge is 0.410 e. The molecule has 1 aliphatic heterocycles. The summed E-state index contributed by atoms with van der Waals surface area (Å²) in [5, 5.41) is 0. The summed E-state index contributed by atoms with van der Waals surface area (Å²) in [5.41, 5.74) is 3.48. The summed E-state index contributed by atoms with van der Waals surface area (Å²) >= 11 is 0. The number of hydrogen-bond donors (Lipinski definition) is 0. The zero-order valence-corrected chi connectivity index (χ0v) is 19.9. The number of alkyl halides is 2. The maximum Gasteiger partial charge on any atom is 0.410 e. The van der Waals surface area contributed by atoms with Crippen LogP contribution < -0.4 is 4.74 Å². The molecule has 1 aliphatic rings. The van der Waals surface area contributed by atoms with Gasteiger partial charge in [-0.3, -0.25) is 4.98 Å². The molecule has 4 rings (SSSR count). The van der Waals surface area contributed by atoms with E-state index in [1.54, 1.807) is 35.4 Å². The Morgan fingerprint density at radius 3 is 2.59 bits per heavy atom. The van der Waals surface area contributed by atoms with Crippen molar-refractivity contribution in [3.63, 3.8) is 0 Å².